The van der Waals surface area contributed by atoms with E-state index in [0.717, 1.165) is 8.78 Å². The smallest absolute Gasteiger partial charge is 0.301 e. The molecule has 0 aliphatic carbocycles. The van der Waals surface area contributed by atoms with Gasteiger partial charge in [0.15, 0.2) is 0 Å². The van der Waals surface area contributed by atoms with E-state index in [4.69, 9.17) is 0 Å². The van der Waals surface area contributed by atoms with Crippen molar-refractivity contribution >= 4 is 43.4 Å². The third kappa shape index (κ3) is 4.78. The molecule has 0 heterocycles. The summed E-state index contributed by atoms with van der Waals surface area (Å²) in [6, 6.07) is 13.5. The normalized spacial score (nSPS) is 11.3. The van der Waals surface area contributed by atoms with Gasteiger partial charge in [-0.1, -0.05) is 22.0 Å². The Hall–Kier alpha value is -1.90. The van der Waals surface area contributed by atoms with E-state index in [1.54, 1.807) is 30.3 Å². The molecule has 0 saturated carbocycles. The van der Waals surface area contributed by atoms with Crippen LogP contribution in [0.4, 0.5) is 11.4 Å². The van der Waals surface area contributed by atoms with Gasteiger partial charge in [-0.05, 0) is 42.5 Å². The zero-order chi connectivity index (χ0) is 17.0. The molecular formula is C15H16BrN3O3S. The maximum absolute atomic E-state index is 12.2. The van der Waals surface area contributed by atoms with Crippen molar-refractivity contribution in [3.05, 3.63) is 58.6 Å². The molecule has 0 radical (unpaired) electrons. The van der Waals surface area contributed by atoms with Crippen LogP contribution in [0.2, 0.25) is 0 Å². The van der Waals surface area contributed by atoms with Crippen molar-refractivity contribution in [2.45, 2.75) is 0 Å². The number of carbonyl (C=O) groups excluding carboxylic acids is 1. The van der Waals surface area contributed by atoms with E-state index in [1.165, 1.54) is 20.2 Å². The monoisotopic (exact) mass is 397 g/mol. The van der Waals surface area contributed by atoms with E-state index in [0.29, 0.717) is 16.9 Å². The number of amides is 1. The summed E-state index contributed by atoms with van der Waals surface area (Å²) in [6.45, 7) is 0. The number of hydrogen-bond acceptors (Lipinski definition) is 3. The second kappa shape index (κ2) is 7.12. The molecule has 23 heavy (non-hydrogen) atoms. The summed E-state index contributed by atoms with van der Waals surface area (Å²) in [5, 5.41) is 2.75. The standard InChI is InChI=1S/C15H16BrN3O3S/c1-19(2)23(21,22)18-14-5-3-4-11(10-14)15(20)17-13-8-6-12(16)7-9-13/h3-10,18H,1-2H3,(H,17,20). The second-order valence-corrected chi connectivity index (χ2v) is 7.73. The first-order valence-corrected chi connectivity index (χ1v) is 8.88. The molecule has 0 atom stereocenters. The molecule has 0 aliphatic heterocycles. The van der Waals surface area contributed by atoms with Gasteiger partial charge in [-0.2, -0.15) is 12.7 Å². The third-order valence-corrected chi connectivity index (χ3v) is 4.94. The molecule has 0 aromatic heterocycles. The Morgan fingerprint density at radius 1 is 1.04 bits per heavy atom. The summed E-state index contributed by atoms with van der Waals surface area (Å²) in [5.74, 6) is -0.321. The number of benzene rings is 2. The lowest BCUT2D eigenvalue weighted by Crippen LogP contribution is -2.29. The van der Waals surface area contributed by atoms with Crippen LogP contribution in [0, 0.1) is 0 Å². The lowest BCUT2D eigenvalue weighted by molar-refractivity contribution is 0.102. The molecule has 2 rings (SSSR count). The molecule has 2 N–H and O–H groups in total. The van der Waals surface area contributed by atoms with Gasteiger partial charge in [-0.25, -0.2) is 0 Å². The van der Waals surface area contributed by atoms with Gasteiger partial charge in [0.05, 0.1) is 5.69 Å². The van der Waals surface area contributed by atoms with Gasteiger partial charge in [-0.15, -0.1) is 0 Å². The minimum Gasteiger partial charge on any atom is -0.322 e. The lowest BCUT2D eigenvalue weighted by atomic mass is 10.2. The van der Waals surface area contributed by atoms with E-state index in [2.05, 4.69) is 26.0 Å². The fraction of sp³-hybridized carbons (Fsp3) is 0.133. The van der Waals surface area contributed by atoms with E-state index in [1.807, 2.05) is 12.1 Å². The van der Waals surface area contributed by atoms with Crippen molar-refractivity contribution < 1.29 is 13.2 Å². The first-order valence-electron chi connectivity index (χ1n) is 6.65. The second-order valence-electron chi connectivity index (χ2n) is 4.93. The zero-order valence-corrected chi connectivity index (χ0v) is 15.0. The predicted molar refractivity (Wildman–Crippen MR) is 94.8 cm³/mol. The molecule has 0 fully saturated rings. The van der Waals surface area contributed by atoms with Crippen LogP contribution < -0.4 is 10.0 Å². The molecule has 1 amide bonds. The van der Waals surface area contributed by atoms with Crippen LogP contribution in [0.5, 0.6) is 0 Å². The molecule has 122 valence electrons. The van der Waals surface area contributed by atoms with Gasteiger partial charge in [0.1, 0.15) is 0 Å². The molecule has 0 bridgehead atoms. The lowest BCUT2D eigenvalue weighted by Gasteiger charge is -2.14. The topological polar surface area (TPSA) is 78.5 Å². The van der Waals surface area contributed by atoms with E-state index >= 15 is 0 Å². The highest BCUT2D eigenvalue weighted by molar-refractivity contribution is 9.10. The van der Waals surface area contributed by atoms with E-state index < -0.39 is 10.2 Å². The van der Waals surface area contributed by atoms with Crippen LogP contribution in [0.3, 0.4) is 0 Å². The summed E-state index contributed by atoms with van der Waals surface area (Å²) < 4.78 is 28.0. The van der Waals surface area contributed by atoms with E-state index in [9.17, 15) is 13.2 Å². The number of halogens is 1. The molecule has 0 aliphatic rings. The minimum atomic E-state index is -3.61. The molecular weight excluding hydrogens is 382 g/mol. The largest absolute Gasteiger partial charge is 0.322 e. The Kier molecular flexibility index (Phi) is 5.40. The van der Waals surface area contributed by atoms with Gasteiger partial charge in [-0.3, -0.25) is 9.52 Å². The number of hydrogen-bond donors (Lipinski definition) is 2. The van der Waals surface area contributed by atoms with Crippen molar-refractivity contribution in [1.82, 2.24) is 4.31 Å². The summed E-state index contributed by atoms with van der Waals surface area (Å²) in [6.07, 6.45) is 0. The zero-order valence-electron chi connectivity index (χ0n) is 12.6. The number of nitrogens with zero attached hydrogens (tertiary/aromatic N) is 1. The first kappa shape index (κ1) is 17.5. The van der Waals surface area contributed by atoms with Crippen LogP contribution in [-0.2, 0) is 10.2 Å². The van der Waals surface area contributed by atoms with Gasteiger partial charge < -0.3 is 5.32 Å². The highest BCUT2D eigenvalue weighted by atomic mass is 79.9. The number of anilines is 2. The maximum atomic E-state index is 12.2. The molecule has 2 aromatic carbocycles. The maximum Gasteiger partial charge on any atom is 0.301 e. The summed E-state index contributed by atoms with van der Waals surface area (Å²) >= 11 is 3.32. The Morgan fingerprint density at radius 3 is 2.30 bits per heavy atom. The summed E-state index contributed by atoms with van der Waals surface area (Å²) in [4.78, 5) is 12.2. The Balaban J connectivity index is 2.16. The van der Waals surface area contributed by atoms with Crippen LogP contribution >= 0.6 is 15.9 Å². The Labute approximate surface area is 143 Å². The van der Waals surface area contributed by atoms with Gasteiger partial charge in [0.25, 0.3) is 5.91 Å². The fourth-order valence-electron chi connectivity index (χ4n) is 1.70. The minimum absolute atomic E-state index is 0.321. The molecule has 2 aromatic rings. The Bertz CT molecular complexity index is 805. The average molecular weight is 398 g/mol. The Morgan fingerprint density at radius 2 is 1.70 bits per heavy atom. The third-order valence-electron chi connectivity index (χ3n) is 2.95. The van der Waals surface area contributed by atoms with Gasteiger partial charge in [0.2, 0.25) is 0 Å². The summed E-state index contributed by atoms with van der Waals surface area (Å²) in [5.41, 5.74) is 1.33. The molecule has 0 unspecified atom stereocenters. The quantitative estimate of drug-likeness (QED) is 0.813. The number of rotatable bonds is 5. The highest BCUT2D eigenvalue weighted by Gasteiger charge is 2.14. The number of nitrogens with one attached hydrogen (secondary N) is 2. The number of carbonyl (C=O) groups is 1. The van der Waals surface area contributed by atoms with Crippen LogP contribution in [0.25, 0.3) is 0 Å². The van der Waals surface area contributed by atoms with Crippen molar-refractivity contribution in [3.63, 3.8) is 0 Å². The van der Waals surface area contributed by atoms with Gasteiger partial charge in [0, 0.05) is 29.8 Å². The van der Waals surface area contributed by atoms with Crippen LogP contribution in [-0.4, -0.2) is 32.7 Å². The first-order chi connectivity index (χ1) is 10.8. The predicted octanol–water partition coefficient (Wildman–Crippen LogP) is 2.92. The van der Waals surface area contributed by atoms with Crippen molar-refractivity contribution in [1.29, 1.82) is 0 Å². The van der Waals surface area contributed by atoms with Crippen molar-refractivity contribution in [2.75, 3.05) is 24.1 Å². The molecule has 8 heteroatoms. The average Bonchev–Trinajstić information content (AvgIpc) is 2.49. The van der Waals surface area contributed by atoms with Crippen molar-refractivity contribution in [3.8, 4) is 0 Å². The summed E-state index contributed by atoms with van der Waals surface area (Å²) in [7, 11) is -0.765. The van der Waals surface area contributed by atoms with Crippen LogP contribution in [0.15, 0.2) is 53.0 Å². The SMILES string of the molecule is CN(C)S(=O)(=O)Nc1cccc(C(=O)Nc2ccc(Br)cc2)c1. The van der Waals surface area contributed by atoms with Crippen molar-refractivity contribution in [2.24, 2.45) is 0 Å². The molecule has 6 nitrogen and oxygen atoms in total. The molecule has 0 spiro atoms. The highest BCUT2D eigenvalue weighted by Crippen LogP contribution is 2.17. The fourth-order valence-corrected chi connectivity index (χ4v) is 2.57. The van der Waals surface area contributed by atoms with E-state index in [-0.39, 0.29) is 5.91 Å². The molecule has 0 saturated heterocycles. The van der Waals surface area contributed by atoms with Gasteiger partial charge >= 0.3 is 10.2 Å². The van der Waals surface area contributed by atoms with Crippen LogP contribution in [0.1, 0.15) is 10.4 Å².